The van der Waals surface area contributed by atoms with E-state index < -0.39 is 34.7 Å². The third kappa shape index (κ3) is 10.4. The SMILES string of the molecule is C=C(NNC)C(F)F.C=S(C)N(Cc1ccc(C=O)cc1F)c1cccc(C(F)(F)F)c1.CC. The Bertz CT molecular complexity index is 951. The fourth-order valence-electron chi connectivity index (χ4n) is 2.35. The molecule has 0 fully saturated rings. The first-order valence-electron chi connectivity index (χ1n) is 9.94. The number of nitrogens with one attached hydrogen (secondary N) is 2. The lowest BCUT2D eigenvalue weighted by molar-refractivity contribution is -0.137. The predicted molar refractivity (Wildman–Crippen MR) is 129 cm³/mol. The zero-order valence-electron chi connectivity index (χ0n) is 19.3. The van der Waals surface area contributed by atoms with Crippen LogP contribution in [0.4, 0.5) is 32.0 Å². The second kappa shape index (κ2) is 15.2. The number of alkyl halides is 5. The van der Waals surface area contributed by atoms with Gasteiger partial charge in [0.25, 0.3) is 6.43 Å². The fourth-order valence-corrected chi connectivity index (χ4v) is 3.19. The van der Waals surface area contributed by atoms with Crippen LogP contribution in [0.15, 0.2) is 54.7 Å². The molecule has 0 aliphatic heterocycles. The molecular weight excluding hydrogens is 480 g/mol. The van der Waals surface area contributed by atoms with Crippen molar-refractivity contribution in [1.82, 2.24) is 10.9 Å². The molecule has 2 rings (SSSR count). The molecule has 0 saturated carbocycles. The summed E-state index contributed by atoms with van der Waals surface area (Å²) in [7, 11) is 0.818. The molecule has 0 spiro atoms. The average Bonchev–Trinajstić information content (AvgIpc) is 2.79. The summed E-state index contributed by atoms with van der Waals surface area (Å²) in [5, 5.41) is 0. The normalized spacial score (nSPS) is 11.4. The first-order valence-corrected chi connectivity index (χ1v) is 11.7. The summed E-state index contributed by atoms with van der Waals surface area (Å²) in [5.41, 5.74) is 4.18. The molecule has 0 saturated heterocycles. The lowest BCUT2D eigenvalue weighted by Gasteiger charge is -2.26. The summed E-state index contributed by atoms with van der Waals surface area (Å²) in [6, 6.07) is 8.86. The number of rotatable bonds is 8. The molecule has 1 atom stereocenters. The molecule has 0 aliphatic rings. The van der Waals surface area contributed by atoms with Gasteiger partial charge in [0, 0.05) is 23.9 Å². The summed E-state index contributed by atoms with van der Waals surface area (Å²) in [6.45, 7) is 7.07. The van der Waals surface area contributed by atoms with E-state index >= 15 is 0 Å². The zero-order chi connectivity index (χ0) is 26.5. The maximum absolute atomic E-state index is 14.1. The third-order valence-electron chi connectivity index (χ3n) is 3.91. The maximum atomic E-state index is 14.1. The Morgan fingerprint density at radius 3 is 2.21 bits per heavy atom. The Hall–Kier alpha value is -2.79. The Morgan fingerprint density at radius 1 is 1.18 bits per heavy atom. The van der Waals surface area contributed by atoms with Crippen LogP contribution in [-0.2, 0) is 12.7 Å². The lowest BCUT2D eigenvalue weighted by atomic mass is 10.1. The molecule has 190 valence electrons. The molecule has 0 bridgehead atoms. The minimum absolute atomic E-state index is 0.0510. The van der Waals surface area contributed by atoms with Crippen LogP contribution >= 0.6 is 10.7 Å². The van der Waals surface area contributed by atoms with Gasteiger partial charge in [-0.05, 0) is 30.5 Å². The average molecular weight is 510 g/mol. The van der Waals surface area contributed by atoms with E-state index in [1.54, 1.807) is 10.6 Å². The fraction of sp³-hybridized carbons (Fsp3) is 0.304. The number of nitrogens with zero attached hydrogens (tertiary/aromatic N) is 1. The smallest absolute Gasteiger partial charge is 0.321 e. The van der Waals surface area contributed by atoms with E-state index in [-0.39, 0.29) is 23.4 Å². The number of allylic oxidation sites excluding steroid dienone is 1. The van der Waals surface area contributed by atoms with Crippen molar-refractivity contribution in [2.45, 2.75) is 33.0 Å². The monoisotopic (exact) mass is 509 g/mol. The molecule has 0 aromatic heterocycles. The minimum atomic E-state index is -4.45. The number of halogens is 6. The van der Waals surface area contributed by atoms with Crippen molar-refractivity contribution >= 4 is 28.5 Å². The second-order valence-electron chi connectivity index (χ2n) is 6.35. The van der Waals surface area contributed by atoms with Crippen molar-refractivity contribution in [3.8, 4) is 0 Å². The standard InChI is InChI=1S/C17H15F4NOS.C4H8F2N2.C2H6/c1-24(2)22(10-13-7-6-12(11-23)8-16(13)18)15-5-3-4-14(9-15)17(19,20)21;1-3(4(5)6)8-7-2;1-2/h3-9,11H,1,10H2,2H3;4,7-8H,1H2,2H3;1-2H3. The second-order valence-corrected chi connectivity index (χ2v) is 8.00. The minimum Gasteiger partial charge on any atom is -0.321 e. The number of hydrogen-bond donors (Lipinski definition) is 2. The first kappa shape index (κ1) is 31.2. The van der Waals surface area contributed by atoms with E-state index in [0.29, 0.717) is 12.0 Å². The van der Waals surface area contributed by atoms with Gasteiger partial charge in [-0.3, -0.25) is 4.79 Å². The highest BCUT2D eigenvalue weighted by Gasteiger charge is 2.31. The topological polar surface area (TPSA) is 44.4 Å². The summed E-state index contributed by atoms with van der Waals surface area (Å²) in [5.74, 6) is 3.28. The van der Waals surface area contributed by atoms with E-state index in [2.05, 4.69) is 23.3 Å². The molecule has 2 aromatic rings. The predicted octanol–water partition coefficient (Wildman–Crippen LogP) is 6.42. The highest BCUT2D eigenvalue weighted by atomic mass is 32.2. The molecule has 0 aliphatic carbocycles. The van der Waals surface area contributed by atoms with Crippen LogP contribution in [0.1, 0.15) is 35.3 Å². The van der Waals surface area contributed by atoms with Crippen LogP contribution in [-0.4, -0.2) is 31.9 Å². The van der Waals surface area contributed by atoms with Gasteiger partial charge in [0.15, 0.2) is 0 Å². The Morgan fingerprint density at radius 2 is 1.79 bits per heavy atom. The van der Waals surface area contributed by atoms with E-state index in [9.17, 15) is 31.1 Å². The number of hydrogen-bond acceptors (Lipinski definition) is 4. The van der Waals surface area contributed by atoms with Crippen molar-refractivity contribution in [2.75, 3.05) is 17.6 Å². The van der Waals surface area contributed by atoms with Crippen molar-refractivity contribution in [2.24, 2.45) is 0 Å². The molecule has 1 unspecified atom stereocenters. The molecule has 2 N–H and O–H groups in total. The summed E-state index contributed by atoms with van der Waals surface area (Å²) in [6.07, 6.45) is -4.69. The van der Waals surface area contributed by atoms with Gasteiger partial charge in [-0.15, -0.1) is 10.7 Å². The molecule has 34 heavy (non-hydrogen) atoms. The Balaban J connectivity index is 0.000000924. The molecule has 11 heteroatoms. The van der Waals surface area contributed by atoms with Gasteiger partial charge in [-0.1, -0.05) is 44.5 Å². The zero-order valence-corrected chi connectivity index (χ0v) is 20.2. The first-order chi connectivity index (χ1) is 15.9. The van der Waals surface area contributed by atoms with Gasteiger partial charge < -0.3 is 9.73 Å². The molecule has 4 nitrogen and oxygen atoms in total. The van der Waals surface area contributed by atoms with Gasteiger partial charge in [0.1, 0.15) is 12.1 Å². The molecule has 0 amide bonds. The number of hydrazine groups is 1. The summed E-state index contributed by atoms with van der Waals surface area (Å²) >= 11 is 0. The molecule has 0 heterocycles. The quantitative estimate of drug-likeness (QED) is 0.186. The Labute approximate surface area is 198 Å². The number of carbonyl (C=O) groups excluding carboxylic acids is 1. The van der Waals surface area contributed by atoms with Crippen LogP contribution in [0.3, 0.4) is 0 Å². The van der Waals surface area contributed by atoms with Crippen LogP contribution in [0.2, 0.25) is 0 Å². The van der Waals surface area contributed by atoms with Crippen molar-refractivity contribution in [1.29, 1.82) is 0 Å². The number of benzene rings is 2. The lowest BCUT2D eigenvalue weighted by Crippen LogP contribution is -2.29. The maximum Gasteiger partial charge on any atom is 0.416 e. The molecule has 0 radical (unpaired) electrons. The summed E-state index contributed by atoms with van der Waals surface area (Å²) in [4.78, 5) is 10.7. The van der Waals surface area contributed by atoms with E-state index in [1.807, 2.05) is 13.8 Å². The molecular formula is C23H29F6N3OS. The van der Waals surface area contributed by atoms with Gasteiger partial charge in [0.2, 0.25) is 0 Å². The number of aldehydes is 1. The van der Waals surface area contributed by atoms with Crippen molar-refractivity contribution in [3.05, 3.63) is 77.2 Å². The third-order valence-corrected chi connectivity index (χ3v) is 5.01. The van der Waals surface area contributed by atoms with Crippen LogP contribution < -0.4 is 15.2 Å². The van der Waals surface area contributed by atoms with Crippen LogP contribution in [0.5, 0.6) is 0 Å². The van der Waals surface area contributed by atoms with E-state index in [4.69, 9.17) is 0 Å². The highest BCUT2D eigenvalue weighted by molar-refractivity contribution is 8.14. The van der Waals surface area contributed by atoms with Crippen molar-refractivity contribution < 1.29 is 31.1 Å². The van der Waals surface area contributed by atoms with Crippen LogP contribution in [0, 0.1) is 5.82 Å². The Kier molecular flexibility index (Phi) is 13.9. The number of carbonyl (C=O) groups is 1. The largest absolute Gasteiger partial charge is 0.416 e. The highest BCUT2D eigenvalue weighted by Crippen LogP contribution is 2.34. The van der Waals surface area contributed by atoms with Gasteiger partial charge in [0.05, 0.1) is 17.8 Å². The number of anilines is 1. The van der Waals surface area contributed by atoms with Gasteiger partial charge in [-0.25, -0.2) is 18.6 Å². The van der Waals surface area contributed by atoms with E-state index in [0.717, 1.165) is 18.2 Å². The summed E-state index contributed by atoms with van der Waals surface area (Å²) < 4.78 is 77.1. The van der Waals surface area contributed by atoms with Crippen molar-refractivity contribution in [3.63, 3.8) is 0 Å². The van der Waals surface area contributed by atoms with E-state index in [1.165, 1.54) is 31.3 Å². The van der Waals surface area contributed by atoms with Crippen LogP contribution in [0.25, 0.3) is 0 Å². The molecule has 2 aromatic carbocycles. The van der Waals surface area contributed by atoms with Gasteiger partial charge in [-0.2, -0.15) is 13.2 Å². The van der Waals surface area contributed by atoms with Gasteiger partial charge >= 0.3 is 6.18 Å².